The Morgan fingerprint density at radius 1 is 0.527 bits per heavy atom. The van der Waals surface area contributed by atoms with Crippen LogP contribution in [-0.2, 0) is 33.3 Å². The molecule has 0 aromatic rings. The zero-order chi connectivity index (χ0) is 40.7. The van der Waals surface area contributed by atoms with Crippen LogP contribution < -0.4 is 0 Å². The Balaban J connectivity index is 4.37. The number of allylic oxidation sites excluding steroid dienone is 2. The Bertz CT molecular complexity index is 918. The lowest BCUT2D eigenvalue weighted by Crippen LogP contribution is -2.40. The van der Waals surface area contributed by atoms with Crippen LogP contribution in [0.1, 0.15) is 206 Å². The smallest absolute Gasteiger partial charge is 0.361 e. The molecule has 0 fully saturated rings. The molecule has 2 atom stereocenters. The molecule has 0 aliphatic heterocycles. The number of rotatable bonds is 42. The molecule has 0 saturated heterocycles. The van der Waals surface area contributed by atoms with Crippen molar-refractivity contribution in [3.05, 3.63) is 12.2 Å². The lowest BCUT2D eigenvalue weighted by atomic mass is 10.1. The van der Waals surface area contributed by atoms with E-state index < -0.39 is 24.3 Å². The molecule has 55 heavy (non-hydrogen) atoms. The van der Waals surface area contributed by atoms with Crippen molar-refractivity contribution in [1.82, 2.24) is 0 Å². The first-order valence-electron chi connectivity index (χ1n) is 22.9. The summed E-state index contributed by atoms with van der Waals surface area (Å²) in [7, 11) is 5.96. The van der Waals surface area contributed by atoms with Crippen molar-refractivity contribution in [2.75, 3.05) is 47.5 Å². The van der Waals surface area contributed by atoms with Crippen LogP contribution in [-0.4, -0.2) is 87.4 Å². The van der Waals surface area contributed by atoms with Crippen molar-refractivity contribution in [3.8, 4) is 0 Å². The second-order valence-electron chi connectivity index (χ2n) is 16.7. The van der Waals surface area contributed by atoms with Gasteiger partial charge in [-0.05, 0) is 38.5 Å². The van der Waals surface area contributed by atoms with Gasteiger partial charge in [-0.1, -0.05) is 167 Å². The van der Waals surface area contributed by atoms with Gasteiger partial charge < -0.3 is 28.5 Å². The molecule has 0 aliphatic rings. The van der Waals surface area contributed by atoms with E-state index in [0.29, 0.717) is 17.4 Å². The molecule has 9 heteroatoms. The molecule has 0 aromatic carbocycles. The van der Waals surface area contributed by atoms with Gasteiger partial charge >= 0.3 is 17.9 Å². The summed E-state index contributed by atoms with van der Waals surface area (Å²) in [6.07, 6.45) is 36.9. The maximum Gasteiger partial charge on any atom is 0.361 e. The number of unbranched alkanes of at least 4 members (excludes halogenated alkanes) is 25. The second-order valence-corrected chi connectivity index (χ2v) is 16.7. The van der Waals surface area contributed by atoms with Crippen LogP contribution in [0.15, 0.2) is 12.2 Å². The van der Waals surface area contributed by atoms with Gasteiger partial charge in [-0.3, -0.25) is 9.59 Å². The average Bonchev–Trinajstić information content (AvgIpc) is 3.14. The van der Waals surface area contributed by atoms with E-state index in [4.69, 9.17) is 18.9 Å². The summed E-state index contributed by atoms with van der Waals surface area (Å²) in [6.45, 7) is 4.87. The largest absolute Gasteiger partial charge is 0.477 e. The quantitative estimate of drug-likeness (QED) is 0.0214. The standard InChI is InChI=1S/C46H87NO8/c1-6-8-10-12-14-16-18-19-20-21-22-23-24-25-27-29-31-33-35-37-44(49)55-42(41-54-46(45(50)51)52-39-38-47(3,4)5)40-53-43(48)36-34-32-30-28-26-17-15-13-11-9-7-2/h19-20,42,46H,6-18,21-41H2,1-5H3/p+1/b20-19-. The molecule has 0 saturated carbocycles. The van der Waals surface area contributed by atoms with Gasteiger partial charge in [0, 0.05) is 12.8 Å². The van der Waals surface area contributed by atoms with E-state index >= 15 is 0 Å². The van der Waals surface area contributed by atoms with Crippen LogP contribution in [0.3, 0.4) is 0 Å². The summed E-state index contributed by atoms with van der Waals surface area (Å²) in [5, 5.41) is 9.62. The molecule has 0 radical (unpaired) electrons. The van der Waals surface area contributed by atoms with E-state index in [0.717, 1.165) is 38.5 Å². The number of carboxylic acid groups (broad SMARTS) is 1. The lowest BCUT2D eigenvalue weighted by molar-refractivity contribution is -0.870. The molecule has 0 amide bonds. The molecule has 9 nitrogen and oxygen atoms in total. The number of carbonyl (C=O) groups excluding carboxylic acids is 2. The topological polar surface area (TPSA) is 108 Å². The predicted molar refractivity (Wildman–Crippen MR) is 226 cm³/mol. The van der Waals surface area contributed by atoms with Gasteiger partial charge in [-0.2, -0.15) is 0 Å². The lowest BCUT2D eigenvalue weighted by Gasteiger charge is -2.25. The minimum absolute atomic E-state index is 0.177. The molecule has 0 heterocycles. The highest BCUT2D eigenvalue weighted by Gasteiger charge is 2.25. The van der Waals surface area contributed by atoms with Gasteiger partial charge in [0.2, 0.25) is 0 Å². The highest BCUT2D eigenvalue weighted by Crippen LogP contribution is 2.15. The summed E-state index contributed by atoms with van der Waals surface area (Å²) in [4.78, 5) is 37.0. The molecule has 0 bridgehead atoms. The van der Waals surface area contributed by atoms with Crippen LogP contribution >= 0.6 is 0 Å². The van der Waals surface area contributed by atoms with E-state index in [9.17, 15) is 19.5 Å². The molecular formula is C46H88NO8+. The molecule has 324 valence electrons. The Morgan fingerprint density at radius 3 is 1.35 bits per heavy atom. The first-order chi connectivity index (χ1) is 26.6. The fraction of sp³-hybridized carbons (Fsp3) is 0.891. The van der Waals surface area contributed by atoms with Crippen molar-refractivity contribution in [2.24, 2.45) is 0 Å². The number of hydrogen-bond donors (Lipinski definition) is 1. The SMILES string of the molecule is CCCCCCCC/C=C\CCCCCCCCCCCC(=O)OC(COC(=O)CCCCCCCCCCCCC)COC(OCC[N+](C)(C)C)C(=O)O. The van der Waals surface area contributed by atoms with Gasteiger partial charge in [0.05, 0.1) is 34.4 Å². The summed E-state index contributed by atoms with van der Waals surface area (Å²) in [5.74, 6) is -2.00. The number of nitrogens with zero attached hydrogens (tertiary/aromatic N) is 1. The van der Waals surface area contributed by atoms with Gasteiger partial charge in [-0.15, -0.1) is 0 Å². The zero-order valence-electron chi connectivity index (χ0n) is 36.6. The number of ether oxygens (including phenoxy) is 4. The van der Waals surface area contributed by atoms with Crippen molar-refractivity contribution in [3.63, 3.8) is 0 Å². The fourth-order valence-corrected chi connectivity index (χ4v) is 6.42. The maximum atomic E-state index is 12.8. The van der Waals surface area contributed by atoms with Crippen LogP contribution in [0.4, 0.5) is 0 Å². The molecule has 0 aromatic heterocycles. The Kier molecular flexibility index (Phi) is 37.5. The van der Waals surface area contributed by atoms with E-state index in [1.165, 1.54) is 141 Å². The molecule has 2 unspecified atom stereocenters. The highest BCUT2D eigenvalue weighted by atomic mass is 16.7. The van der Waals surface area contributed by atoms with Gasteiger partial charge in [-0.25, -0.2) is 4.79 Å². The van der Waals surface area contributed by atoms with Crippen molar-refractivity contribution in [1.29, 1.82) is 0 Å². The number of carbonyl (C=O) groups is 3. The van der Waals surface area contributed by atoms with Gasteiger partial charge in [0.25, 0.3) is 6.29 Å². The van der Waals surface area contributed by atoms with Crippen molar-refractivity contribution in [2.45, 2.75) is 219 Å². The summed E-state index contributed by atoms with van der Waals surface area (Å²) in [5.41, 5.74) is 0. The van der Waals surface area contributed by atoms with Crippen LogP contribution in [0.2, 0.25) is 0 Å². The molecular weight excluding hydrogens is 695 g/mol. The Morgan fingerprint density at radius 2 is 0.927 bits per heavy atom. The van der Waals surface area contributed by atoms with Crippen molar-refractivity contribution >= 4 is 17.9 Å². The van der Waals surface area contributed by atoms with Crippen molar-refractivity contribution < 1.29 is 42.9 Å². The molecule has 0 spiro atoms. The number of carboxylic acids is 1. The Labute approximate surface area is 338 Å². The third kappa shape index (κ3) is 40.0. The first kappa shape index (κ1) is 53.0. The second kappa shape index (κ2) is 38.9. The maximum absolute atomic E-state index is 12.8. The van der Waals surface area contributed by atoms with E-state index in [-0.39, 0.29) is 32.2 Å². The van der Waals surface area contributed by atoms with E-state index in [2.05, 4.69) is 26.0 Å². The first-order valence-corrected chi connectivity index (χ1v) is 22.9. The van der Waals surface area contributed by atoms with Crippen LogP contribution in [0.5, 0.6) is 0 Å². The number of hydrogen-bond acceptors (Lipinski definition) is 7. The number of esters is 2. The third-order valence-corrected chi connectivity index (χ3v) is 10.0. The predicted octanol–water partition coefficient (Wildman–Crippen LogP) is 11.9. The van der Waals surface area contributed by atoms with Gasteiger partial charge in [0.1, 0.15) is 13.2 Å². The normalized spacial score (nSPS) is 13.0. The minimum atomic E-state index is -1.50. The van der Waals surface area contributed by atoms with Crippen LogP contribution in [0.25, 0.3) is 0 Å². The van der Waals surface area contributed by atoms with Crippen LogP contribution in [0, 0.1) is 0 Å². The highest BCUT2D eigenvalue weighted by molar-refractivity contribution is 5.71. The average molecular weight is 783 g/mol. The molecule has 1 N–H and O–H groups in total. The fourth-order valence-electron chi connectivity index (χ4n) is 6.42. The number of likely N-dealkylation sites (N-methyl/N-ethyl adjacent to an activating group) is 1. The summed E-state index contributed by atoms with van der Waals surface area (Å²) < 4.78 is 22.7. The summed E-state index contributed by atoms with van der Waals surface area (Å²) >= 11 is 0. The minimum Gasteiger partial charge on any atom is -0.477 e. The number of quaternary nitrogens is 1. The zero-order valence-corrected chi connectivity index (χ0v) is 36.6. The van der Waals surface area contributed by atoms with Gasteiger partial charge in [0.15, 0.2) is 6.10 Å². The molecule has 0 rings (SSSR count). The molecule has 0 aliphatic carbocycles. The Hall–Kier alpha value is -1.97. The monoisotopic (exact) mass is 783 g/mol. The number of aliphatic carboxylic acids is 1. The van der Waals surface area contributed by atoms with E-state index in [1.54, 1.807) is 0 Å². The third-order valence-electron chi connectivity index (χ3n) is 10.0. The summed E-state index contributed by atoms with van der Waals surface area (Å²) in [6, 6.07) is 0. The van der Waals surface area contributed by atoms with E-state index in [1.807, 2.05) is 21.1 Å².